The molecule has 6 heteroatoms. The number of hydrogen-bond donors (Lipinski definition) is 2. The zero-order valence-corrected chi connectivity index (χ0v) is 15.2. The van der Waals surface area contributed by atoms with Gasteiger partial charge in [0.2, 0.25) is 5.91 Å². The zero-order chi connectivity index (χ0) is 18.4. The lowest BCUT2D eigenvalue weighted by atomic mass is 10.1. The highest BCUT2D eigenvalue weighted by atomic mass is 16.5. The summed E-state index contributed by atoms with van der Waals surface area (Å²) >= 11 is 0. The Morgan fingerprint density at radius 1 is 1.20 bits per heavy atom. The van der Waals surface area contributed by atoms with Crippen LogP contribution in [0.25, 0.3) is 0 Å². The van der Waals surface area contributed by atoms with Gasteiger partial charge in [0.15, 0.2) is 0 Å². The number of para-hydroxylation sites is 1. The van der Waals surface area contributed by atoms with Gasteiger partial charge in [-0.2, -0.15) is 0 Å². The summed E-state index contributed by atoms with van der Waals surface area (Å²) in [5.74, 6) is 0.763. The molecule has 2 N–H and O–H groups in total. The number of nitrogens with zero attached hydrogens (tertiary/aromatic N) is 1. The van der Waals surface area contributed by atoms with Gasteiger partial charge in [-0.1, -0.05) is 31.1 Å². The highest BCUT2D eigenvalue weighted by Crippen LogP contribution is 2.17. The van der Waals surface area contributed by atoms with Crippen molar-refractivity contribution in [3.8, 4) is 0 Å². The van der Waals surface area contributed by atoms with E-state index >= 15 is 0 Å². The predicted molar refractivity (Wildman–Crippen MR) is 96.5 cm³/mol. The summed E-state index contributed by atoms with van der Waals surface area (Å²) in [4.78, 5) is 24.6. The normalized spacial score (nSPS) is 10.8. The summed E-state index contributed by atoms with van der Waals surface area (Å²) in [5.41, 5.74) is 2.75. The molecule has 0 unspecified atom stereocenters. The number of hydrogen-bond acceptors (Lipinski definition) is 4. The Labute approximate surface area is 148 Å². The smallest absolute Gasteiger partial charge is 0.253 e. The number of benzene rings is 1. The Morgan fingerprint density at radius 2 is 1.92 bits per heavy atom. The molecule has 2 rings (SSSR count). The van der Waals surface area contributed by atoms with Crippen LogP contribution in [0, 0.1) is 19.8 Å². The van der Waals surface area contributed by atoms with E-state index < -0.39 is 0 Å². The molecule has 2 aromatic rings. The maximum absolute atomic E-state index is 12.3. The average molecular weight is 343 g/mol. The zero-order valence-electron chi connectivity index (χ0n) is 15.2. The van der Waals surface area contributed by atoms with Gasteiger partial charge < -0.3 is 15.2 Å². The molecule has 0 saturated heterocycles. The molecule has 25 heavy (non-hydrogen) atoms. The number of anilines is 1. The lowest BCUT2D eigenvalue weighted by molar-refractivity contribution is -0.116. The highest BCUT2D eigenvalue weighted by Gasteiger charge is 2.15. The van der Waals surface area contributed by atoms with Gasteiger partial charge in [-0.25, -0.2) is 0 Å². The second-order valence-corrected chi connectivity index (χ2v) is 6.50. The summed E-state index contributed by atoms with van der Waals surface area (Å²) in [6, 6.07) is 7.02. The molecule has 6 nitrogen and oxygen atoms in total. The minimum absolute atomic E-state index is 0.149. The fourth-order valence-corrected chi connectivity index (χ4v) is 2.49. The first-order valence-corrected chi connectivity index (χ1v) is 8.47. The number of carbonyl (C=O) groups excluding carboxylic acids is 2. The molecule has 1 aromatic carbocycles. The van der Waals surface area contributed by atoms with Gasteiger partial charge in [0.05, 0.1) is 16.9 Å². The minimum atomic E-state index is -0.185. The number of rotatable bonds is 7. The molecular formula is C19H25N3O3. The molecule has 0 aliphatic carbocycles. The summed E-state index contributed by atoms with van der Waals surface area (Å²) in [6.45, 7) is 8.35. The molecule has 2 amide bonds. The Kier molecular flexibility index (Phi) is 6.33. The van der Waals surface area contributed by atoms with E-state index in [0.717, 1.165) is 17.0 Å². The molecule has 0 aliphatic heterocycles. The van der Waals surface area contributed by atoms with Crippen LogP contribution in [0.5, 0.6) is 0 Å². The van der Waals surface area contributed by atoms with Crippen LogP contribution in [-0.2, 0) is 11.2 Å². The third-order valence-corrected chi connectivity index (χ3v) is 3.90. The van der Waals surface area contributed by atoms with E-state index in [9.17, 15) is 9.59 Å². The maximum atomic E-state index is 12.3. The van der Waals surface area contributed by atoms with Crippen molar-refractivity contribution < 1.29 is 14.1 Å². The third-order valence-electron chi connectivity index (χ3n) is 3.90. The molecule has 134 valence electrons. The molecule has 0 radical (unpaired) electrons. The Hall–Kier alpha value is -2.63. The summed E-state index contributed by atoms with van der Waals surface area (Å²) in [7, 11) is 0. The largest absolute Gasteiger partial charge is 0.361 e. The van der Waals surface area contributed by atoms with Crippen molar-refractivity contribution in [2.45, 2.75) is 40.5 Å². The molecule has 0 atom stereocenters. The van der Waals surface area contributed by atoms with Crippen LogP contribution in [0.15, 0.2) is 28.8 Å². The Morgan fingerprint density at radius 3 is 2.56 bits per heavy atom. The first-order chi connectivity index (χ1) is 11.9. The summed E-state index contributed by atoms with van der Waals surface area (Å²) in [6.07, 6.45) is 0.847. The monoisotopic (exact) mass is 343 g/mol. The van der Waals surface area contributed by atoms with Gasteiger partial charge in [-0.3, -0.25) is 9.59 Å². The maximum Gasteiger partial charge on any atom is 0.253 e. The second kappa shape index (κ2) is 8.46. The van der Waals surface area contributed by atoms with E-state index in [0.29, 0.717) is 36.6 Å². The van der Waals surface area contributed by atoms with Crippen molar-refractivity contribution in [3.63, 3.8) is 0 Å². The third kappa shape index (κ3) is 5.17. The molecule has 0 saturated carbocycles. The molecule has 1 aromatic heterocycles. The van der Waals surface area contributed by atoms with E-state index in [4.69, 9.17) is 4.52 Å². The predicted octanol–water partition coefficient (Wildman–Crippen LogP) is 3.25. The van der Waals surface area contributed by atoms with Gasteiger partial charge in [-0.15, -0.1) is 0 Å². The van der Waals surface area contributed by atoms with Crippen LogP contribution in [0.3, 0.4) is 0 Å². The highest BCUT2D eigenvalue weighted by molar-refractivity contribution is 6.03. The van der Waals surface area contributed by atoms with E-state index in [2.05, 4.69) is 15.8 Å². The minimum Gasteiger partial charge on any atom is -0.361 e. The fraction of sp³-hybridized carbons (Fsp3) is 0.421. The lowest BCUT2D eigenvalue weighted by Crippen LogP contribution is -2.28. The van der Waals surface area contributed by atoms with Crippen LogP contribution in [0.1, 0.15) is 47.6 Å². The quantitative estimate of drug-likeness (QED) is 0.808. The second-order valence-electron chi connectivity index (χ2n) is 6.50. The fourth-order valence-electron chi connectivity index (χ4n) is 2.49. The van der Waals surface area contributed by atoms with Gasteiger partial charge in [0.25, 0.3) is 5.91 Å². The molecular weight excluding hydrogens is 318 g/mol. The van der Waals surface area contributed by atoms with Crippen LogP contribution < -0.4 is 10.6 Å². The summed E-state index contributed by atoms with van der Waals surface area (Å²) in [5, 5.41) is 9.59. The molecule has 0 spiro atoms. The van der Waals surface area contributed by atoms with Gasteiger partial charge in [0.1, 0.15) is 5.76 Å². The molecule has 1 heterocycles. The first-order valence-electron chi connectivity index (χ1n) is 8.47. The van der Waals surface area contributed by atoms with Crippen molar-refractivity contribution >= 4 is 17.5 Å². The van der Waals surface area contributed by atoms with E-state index in [1.54, 1.807) is 24.3 Å². The van der Waals surface area contributed by atoms with Crippen molar-refractivity contribution in [2.24, 2.45) is 5.92 Å². The van der Waals surface area contributed by atoms with Crippen LogP contribution in [0.4, 0.5) is 5.69 Å². The molecule has 0 fully saturated rings. The van der Waals surface area contributed by atoms with Crippen molar-refractivity contribution in [3.05, 3.63) is 46.8 Å². The SMILES string of the molecule is Cc1noc(C)c1CCC(=O)Nc1ccccc1C(=O)NCC(C)C. The first kappa shape index (κ1) is 18.7. The Bertz CT molecular complexity index is 731. The van der Waals surface area contributed by atoms with Gasteiger partial charge in [0, 0.05) is 18.5 Å². The van der Waals surface area contributed by atoms with Crippen LogP contribution in [-0.4, -0.2) is 23.5 Å². The number of aromatic nitrogens is 1. The molecule has 0 bridgehead atoms. The van der Waals surface area contributed by atoms with Crippen LogP contribution in [0.2, 0.25) is 0 Å². The lowest BCUT2D eigenvalue weighted by Gasteiger charge is -2.12. The standard InChI is InChI=1S/C19H25N3O3/c1-12(2)11-20-19(24)16-7-5-6-8-17(16)21-18(23)10-9-15-13(3)22-25-14(15)4/h5-8,12H,9-11H2,1-4H3,(H,20,24)(H,21,23). The number of carbonyl (C=O) groups is 2. The summed E-state index contributed by atoms with van der Waals surface area (Å²) < 4.78 is 5.11. The number of aryl methyl sites for hydroxylation is 2. The van der Waals surface area contributed by atoms with E-state index in [1.165, 1.54) is 0 Å². The number of nitrogens with one attached hydrogen (secondary N) is 2. The van der Waals surface area contributed by atoms with Crippen molar-refractivity contribution in [1.29, 1.82) is 0 Å². The van der Waals surface area contributed by atoms with Crippen molar-refractivity contribution in [2.75, 3.05) is 11.9 Å². The van der Waals surface area contributed by atoms with Gasteiger partial charge in [-0.05, 0) is 38.3 Å². The Balaban J connectivity index is 2.00. The van der Waals surface area contributed by atoms with E-state index in [-0.39, 0.29) is 11.8 Å². The van der Waals surface area contributed by atoms with E-state index in [1.807, 2.05) is 27.7 Å². The number of amides is 2. The molecule has 0 aliphatic rings. The topological polar surface area (TPSA) is 84.2 Å². The van der Waals surface area contributed by atoms with Gasteiger partial charge >= 0.3 is 0 Å². The van der Waals surface area contributed by atoms with Crippen LogP contribution >= 0.6 is 0 Å². The average Bonchev–Trinajstić information content (AvgIpc) is 2.89. The van der Waals surface area contributed by atoms with Crippen molar-refractivity contribution in [1.82, 2.24) is 10.5 Å².